The predicted octanol–water partition coefficient (Wildman–Crippen LogP) is 2.46. The summed E-state index contributed by atoms with van der Waals surface area (Å²) in [7, 11) is 0. The lowest BCUT2D eigenvalue weighted by molar-refractivity contribution is 0.218. The summed E-state index contributed by atoms with van der Waals surface area (Å²) >= 11 is 1.66. The number of hydrogen-bond acceptors (Lipinski definition) is 8. The minimum absolute atomic E-state index is 0.0632. The summed E-state index contributed by atoms with van der Waals surface area (Å²) in [4.78, 5) is 13.3. The molecule has 21 heavy (non-hydrogen) atoms. The summed E-state index contributed by atoms with van der Waals surface area (Å²) in [5, 5.41) is 0. The molecule has 2 rings (SSSR count). The van der Waals surface area contributed by atoms with E-state index in [1.807, 2.05) is 44.4 Å². The Labute approximate surface area is 127 Å². The van der Waals surface area contributed by atoms with E-state index in [1.165, 1.54) is 0 Å². The highest BCUT2D eigenvalue weighted by molar-refractivity contribution is 7.98. The number of anilines is 1. The number of ether oxygens (including phenoxy) is 2. The summed E-state index contributed by atoms with van der Waals surface area (Å²) in [5.74, 6) is 6.13. The highest BCUT2D eigenvalue weighted by Crippen LogP contribution is 2.23. The molecule has 0 aliphatic carbocycles. The van der Waals surface area contributed by atoms with Crippen LogP contribution in [-0.4, -0.2) is 27.3 Å². The van der Waals surface area contributed by atoms with Crippen molar-refractivity contribution in [3.63, 3.8) is 0 Å². The molecule has 0 fully saturated rings. The predicted molar refractivity (Wildman–Crippen MR) is 81.7 cm³/mol. The van der Waals surface area contributed by atoms with E-state index in [1.54, 1.807) is 11.8 Å². The molecule has 8 heteroatoms. The van der Waals surface area contributed by atoms with E-state index in [9.17, 15) is 0 Å². The average molecular weight is 307 g/mol. The summed E-state index contributed by atoms with van der Waals surface area (Å²) < 4.78 is 11.0. The number of nitrogens with zero attached hydrogens (tertiary/aromatic N) is 3. The molecule has 3 N–H and O–H groups in total. The lowest BCUT2D eigenvalue weighted by Crippen LogP contribution is -2.14. The van der Waals surface area contributed by atoms with E-state index < -0.39 is 0 Å². The van der Waals surface area contributed by atoms with Crippen LogP contribution >= 0.6 is 11.8 Å². The van der Waals surface area contributed by atoms with Crippen molar-refractivity contribution in [2.24, 2.45) is 5.84 Å². The normalized spacial score (nSPS) is 10.5. The SMILES string of the molecule is CSc1ccc(Oc2nc(NN)nc(OC(C)C)n2)cc1. The summed E-state index contributed by atoms with van der Waals surface area (Å²) in [6.45, 7) is 3.75. The number of benzene rings is 1. The van der Waals surface area contributed by atoms with Gasteiger partial charge >= 0.3 is 12.0 Å². The van der Waals surface area contributed by atoms with Gasteiger partial charge in [0.2, 0.25) is 5.95 Å². The van der Waals surface area contributed by atoms with Gasteiger partial charge in [-0.15, -0.1) is 16.7 Å². The number of thioether (sulfide) groups is 1. The number of aromatic nitrogens is 3. The Kier molecular flexibility index (Phi) is 5.18. The third-order valence-electron chi connectivity index (χ3n) is 2.33. The van der Waals surface area contributed by atoms with Gasteiger partial charge in [-0.05, 0) is 44.4 Å². The largest absolute Gasteiger partial charge is 0.461 e. The minimum atomic E-state index is -0.0632. The maximum Gasteiger partial charge on any atom is 0.330 e. The zero-order chi connectivity index (χ0) is 15.2. The highest BCUT2D eigenvalue weighted by atomic mass is 32.2. The zero-order valence-corrected chi connectivity index (χ0v) is 12.8. The van der Waals surface area contributed by atoms with Crippen LogP contribution in [0.4, 0.5) is 5.95 Å². The van der Waals surface area contributed by atoms with E-state index in [2.05, 4.69) is 20.4 Å². The number of nitrogens with two attached hydrogens (primary N) is 1. The molecule has 0 radical (unpaired) electrons. The molecule has 7 nitrogen and oxygen atoms in total. The van der Waals surface area contributed by atoms with Gasteiger partial charge in [0.15, 0.2) is 0 Å². The van der Waals surface area contributed by atoms with Crippen LogP contribution in [0.25, 0.3) is 0 Å². The van der Waals surface area contributed by atoms with Gasteiger partial charge in [-0.1, -0.05) is 0 Å². The molecule has 0 spiro atoms. The molecule has 1 aromatic carbocycles. The Bertz CT molecular complexity index is 592. The van der Waals surface area contributed by atoms with Crippen molar-refractivity contribution in [1.82, 2.24) is 15.0 Å². The van der Waals surface area contributed by atoms with Crippen molar-refractivity contribution in [3.8, 4) is 17.8 Å². The maximum atomic E-state index is 5.60. The van der Waals surface area contributed by atoms with Crippen LogP contribution < -0.4 is 20.7 Å². The van der Waals surface area contributed by atoms with Crippen molar-refractivity contribution >= 4 is 17.7 Å². The first-order valence-corrected chi connectivity index (χ1v) is 7.54. The highest BCUT2D eigenvalue weighted by Gasteiger charge is 2.10. The van der Waals surface area contributed by atoms with Crippen LogP contribution in [-0.2, 0) is 0 Å². The van der Waals surface area contributed by atoms with Gasteiger partial charge in [0.05, 0.1) is 6.10 Å². The monoisotopic (exact) mass is 307 g/mol. The average Bonchev–Trinajstić information content (AvgIpc) is 2.47. The number of hydrazine groups is 1. The first-order chi connectivity index (χ1) is 10.1. The summed E-state index contributed by atoms with van der Waals surface area (Å²) in [6, 6.07) is 7.86. The van der Waals surface area contributed by atoms with Crippen LogP contribution in [0.2, 0.25) is 0 Å². The molecule has 0 aliphatic rings. The third kappa shape index (κ3) is 4.47. The van der Waals surface area contributed by atoms with E-state index in [0.717, 1.165) is 4.90 Å². The fraction of sp³-hybridized carbons (Fsp3) is 0.308. The first kappa shape index (κ1) is 15.3. The molecule has 0 bridgehead atoms. The fourth-order valence-corrected chi connectivity index (χ4v) is 1.87. The lowest BCUT2D eigenvalue weighted by Gasteiger charge is -2.10. The Morgan fingerprint density at radius 2 is 1.76 bits per heavy atom. The fourth-order valence-electron chi connectivity index (χ4n) is 1.46. The molecular formula is C13H17N5O2S. The Morgan fingerprint density at radius 3 is 2.33 bits per heavy atom. The van der Waals surface area contributed by atoms with E-state index in [4.69, 9.17) is 15.3 Å². The van der Waals surface area contributed by atoms with Crippen molar-refractivity contribution in [3.05, 3.63) is 24.3 Å². The minimum Gasteiger partial charge on any atom is -0.461 e. The Morgan fingerprint density at radius 1 is 1.10 bits per heavy atom. The maximum absolute atomic E-state index is 5.60. The molecule has 0 atom stereocenters. The molecule has 0 unspecified atom stereocenters. The Balaban J connectivity index is 2.20. The van der Waals surface area contributed by atoms with Gasteiger partial charge in [0.1, 0.15) is 5.75 Å². The van der Waals surface area contributed by atoms with Gasteiger partial charge in [-0.2, -0.15) is 9.97 Å². The van der Waals surface area contributed by atoms with Crippen molar-refractivity contribution in [2.45, 2.75) is 24.8 Å². The van der Waals surface area contributed by atoms with Crippen molar-refractivity contribution in [2.75, 3.05) is 11.7 Å². The zero-order valence-electron chi connectivity index (χ0n) is 12.0. The quantitative estimate of drug-likeness (QED) is 0.477. The molecule has 0 aliphatic heterocycles. The van der Waals surface area contributed by atoms with Crippen LogP contribution in [0.15, 0.2) is 29.2 Å². The van der Waals surface area contributed by atoms with Crippen molar-refractivity contribution in [1.29, 1.82) is 0 Å². The molecule has 2 aromatic rings. The van der Waals surface area contributed by atoms with Gasteiger partial charge in [-0.3, -0.25) is 5.43 Å². The molecular weight excluding hydrogens is 290 g/mol. The van der Waals surface area contributed by atoms with Crippen LogP contribution in [0.1, 0.15) is 13.8 Å². The van der Waals surface area contributed by atoms with Crippen molar-refractivity contribution < 1.29 is 9.47 Å². The van der Waals surface area contributed by atoms with E-state index in [0.29, 0.717) is 5.75 Å². The Hall–Kier alpha value is -2.06. The standard InChI is InChI=1S/C13H17N5O2S/c1-8(2)19-12-15-11(18-14)16-13(17-12)20-9-4-6-10(21-3)7-5-9/h4-8H,14H2,1-3H3,(H,15,16,17,18). The number of rotatable bonds is 6. The molecule has 0 saturated carbocycles. The smallest absolute Gasteiger partial charge is 0.330 e. The lowest BCUT2D eigenvalue weighted by atomic mass is 10.3. The molecule has 112 valence electrons. The second kappa shape index (κ2) is 7.09. The second-order valence-electron chi connectivity index (χ2n) is 4.31. The number of nitrogen functional groups attached to an aromatic ring is 1. The number of nitrogens with one attached hydrogen (secondary N) is 1. The van der Waals surface area contributed by atoms with E-state index in [-0.39, 0.29) is 24.1 Å². The van der Waals surface area contributed by atoms with Crippen LogP contribution in [0.5, 0.6) is 17.8 Å². The van der Waals surface area contributed by atoms with Crippen LogP contribution in [0.3, 0.4) is 0 Å². The molecule has 0 saturated heterocycles. The molecule has 0 amide bonds. The first-order valence-electron chi connectivity index (χ1n) is 6.32. The summed E-state index contributed by atoms with van der Waals surface area (Å²) in [5.41, 5.74) is 2.36. The van der Waals surface area contributed by atoms with Gasteiger partial charge in [0, 0.05) is 4.90 Å². The second-order valence-corrected chi connectivity index (χ2v) is 5.19. The van der Waals surface area contributed by atoms with Crippen LogP contribution in [0, 0.1) is 0 Å². The van der Waals surface area contributed by atoms with Gasteiger partial charge < -0.3 is 9.47 Å². The third-order valence-corrected chi connectivity index (χ3v) is 3.08. The molecule has 1 aromatic heterocycles. The summed E-state index contributed by atoms with van der Waals surface area (Å²) in [6.07, 6.45) is 1.95. The molecule has 1 heterocycles. The van der Waals surface area contributed by atoms with E-state index >= 15 is 0 Å². The topological polar surface area (TPSA) is 95.2 Å². The van der Waals surface area contributed by atoms with Gasteiger partial charge in [0.25, 0.3) is 0 Å². The van der Waals surface area contributed by atoms with Gasteiger partial charge in [-0.25, -0.2) is 5.84 Å². The number of hydrogen-bond donors (Lipinski definition) is 2.